The van der Waals surface area contributed by atoms with Crippen molar-refractivity contribution in [2.75, 3.05) is 5.73 Å². The van der Waals surface area contributed by atoms with E-state index in [-0.39, 0.29) is 0 Å². The minimum absolute atomic E-state index is 0.473. The van der Waals surface area contributed by atoms with Crippen molar-refractivity contribution in [2.24, 2.45) is 7.05 Å². The Morgan fingerprint density at radius 3 is 2.76 bits per heavy atom. The van der Waals surface area contributed by atoms with Crippen molar-refractivity contribution in [3.63, 3.8) is 0 Å². The second kappa shape index (κ2) is 4.58. The molecule has 6 heteroatoms. The molecule has 3 N–H and O–H groups in total. The van der Waals surface area contributed by atoms with Crippen LogP contribution in [0.5, 0.6) is 0 Å². The number of aliphatic hydroxyl groups is 1. The van der Waals surface area contributed by atoms with E-state index in [9.17, 15) is 5.11 Å². The predicted octanol–water partition coefficient (Wildman–Crippen LogP) is 0.691. The second-order valence-electron chi connectivity index (χ2n) is 4.05. The minimum Gasteiger partial charge on any atom is -0.384 e. The molecule has 0 aliphatic heterocycles. The monoisotopic (exact) mass is 235 g/mol. The van der Waals surface area contributed by atoms with Gasteiger partial charge in [-0.15, -0.1) is 0 Å². The first kappa shape index (κ1) is 11.7. The van der Waals surface area contributed by atoms with Crippen LogP contribution >= 0.6 is 0 Å². The lowest BCUT2D eigenvalue weighted by atomic mass is 10.1. The van der Waals surface area contributed by atoms with Crippen molar-refractivity contribution >= 4 is 5.82 Å². The molecule has 0 fully saturated rings. The Morgan fingerprint density at radius 1 is 1.41 bits per heavy atom. The number of nitrogen functional groups attached to an aromatic ring is 1. The van der Waals surface area contributed by atoms with E-state index in [4.69, 9.17) is 5.73 Å². The van der Waals surface area contributed by atoms with Crippen LogP contribution < -0.4 is 5.73 Å². The number of aliphatic hydroxyl groups excluding tert-OH is 1. The lowest BCUT2D eigenvalue weighted by Crippen LogP contribution is -2.04. The number of rotatable bonds is 4. The Bertz CT molecular complexity index is 502. The van der Waals surface area contributed by atoms with Gasteiger partial charge in [-0.2, -0.15) is 10.2 Å². The Kier molecular flexibility index (Phi) is 3.14. The van der Waals surface area contributed by atoms with Gasteiger partial charge in [-0.25, -0.2) is 0 Å². The summed E-state index contributed by atoms with van der Waals surface area (Å²) in [4.78, 5) is 0. The molecule has 0 saturated carbocycles. The number of hydrogen-bond donors (Lipinski definition) is 2. The van der Waals surface area contributed by atoms with Crippen LogP contribution in [0.2, 0.25) is 0 Å². The molecule has 2 rings (SSSR count). The van der Waals surface area contributed by atoms with Gasteiger partial charge >= 0.3 is 0 Å². The molecule has 0 aliphatic rings. The van der Waals surface area contributed by atoms with Gasteiger partial charge in [0.15, 0.2) is 0 Å². The number of anilines is 1. The van der Waals surface area contributed by atoms with Gasteiger partial charge < -0.3 is 10.8 Å². The lowest BCUT2D eigenvalue weighted by molar-refractivity contribution is 0.221. The first-order valence-electron chi connectivity index (χ1n) is 5.61. The highest BCUT2D eigenvalue weighted by molar-refractivity contribution is 5.43. The van der Waals surface area contributed by atoms with E-state index in [2.05, 4.69) is 17.1 Å². The average Bonchev–Trinajstić information content (AvgIpc) is 2.88. The van der Waals surface area contributed by atoms with E-state index in [0.717, 1.165) is 18.5 Å². The van der Waals surface area contributed by atoms with E-state index in [0.29, 0.717) is 11.4 Å². The fraction of sp³-hybridized carbons (Fsp3) is 0.455. The van der Waals surface area contributed by atoms with E-state index in [1.165, 1.54) is 4.68 Å². The fourth-order valence-corrected chi connectivity index (χ4v) is 1.73. The summed E-state index contributed by atoms with van der Waals surface area (Å²) in [5, 5.41) is 18.4. The first-order chi connectivity index (χ1) is 8.13. The third-order valence-corrected chi connectivity index (χ3v) is 2.73. The number of hydrogen-bond acceptors (Lipinski definition) is 4. The highest BCUT2D eigenvalue weighted by Gasteiger charge is 2.18. The van der Waals surface area contributed by atoms with Gasteiger partial charge in [0.2, 0.25) is 0 Å². The van der Waals surface area contributed by atoms with Gasteiger partial charge in [-0.1, -0.05) is 6.92 Å². The van der Waals surface area contributed by atoms with Crippen LogP contribution in [0.15, 0.2) is 18.6 Å². The molecule has 92 valence electrons. The van der Waals surface area contributed by atoms with Gasteiger partial charge in [-0.3, -0.25) is 9.36 Å². The predicted molar refractivity (Wildman–Crippen MR) is 64.2 cm³/mol. The maximum absolute atomic E-state index is 10.2. The van der Waals surface area contributed by atoms with E-state index in [1.807, 2.05) is 10.9 Å². The number of nitrogens with zero attached hydrogens (tertiary/aromatic N) is 4. The van der Waals surface area contributed by atoms with Gasteiger partial charge in [0, 0.05) is 30.9 Å². The Hall–Kier alpha value is -1.82. The number of aryl methyl sites for hydroxylation is 2. The molecule has 2 aromatic rings. The highest BCUT2D eigenvalue weighted by atomic mass is 16.3. The molecular weight excluding hydrogens is 218 g/mol. The largest absolute Gasteiger partial charge is 0.384 e. The molecule has 0 radical (unpaired) electrons. The molecule has 0 saturated heterocycles. The van der Waals surface area contributed by atoms with Gasteiger partial charge in [0.05, 0.1) is 12.4 Å². The molecule has 1 atom stereocenters. The SMILES string of the molecule is CCCn1cc(C(O)c2cnn(C)c2N)cn1. The maximum atomic E-state index is 10.2. The van der Waals surface area contributed by atoms with Crippen molar-refractivity contribution in [1.82, 2.24) is 19.6 Å². The molecular formula is C11H17N5O. The van der Waals surface area contributed by atoms with Crippen LogP contribution in [-0.2, 0) is 13.6 Å². The van der Waals surface area contributed by atoms with E-state index >= 15 is 0 Å². The third kappa shape index (κ3) is 2.16. The van der Waals surface area contributed by atoms with Crippen molar-refractivity contribution in [3.05, 3.63) is 29.7 Å². The van der Waals surface area contributed by atoms with Crippen molar-refractivity contribution in [1.29, 1.82) is 0 Å². The highest BCUT2D eigenvalue weighted by Crippen LogP contribution is 2.25. The van der Waals surface area contributed by atoms with E-state index < -0.39 is 6.10 Å². The van der Waals surface area contributed by atoms with Crippen molar-refractivity contribution in [2.45, 2.75) is 26.0 Å². The molecule has 2 heterocycles. The summed E-state index contributed by atoms with van der Waals surface area (Å²) in [7, 11) is 1.74. The first-order valence-corrected chi connectivity index (χ1v) is 5.61. The Labute approximate surface area is 99.7 Å². The average molecular weight is 235 g/mol. The zero-order chi connectivity index (χ0) is 12.4. The smallest absolute Gasteiger partial charge is 0.127 e. The molecule has 0 aromatic carbocycles. The maximum Gasteiger partial charge on any atom is 0.127 e. The summed E-state index contributed by atoms with van der Waals surface area (Å²) in [6.45, 7) is 2.92. The Balaban J connectivity index is 2.24. The molecule has 6 nitrogen and oxygen atoms in total. The molecule has 17 heavy (non-hydrogen) atoms. The second-order valence-corrected chi connectivity index (χ2v) is 4.05. The molecule has 2 aromatic heterocycles. The van der Waals surface area contributed by atoms with Crippen LogP contribution in [-0.4, -0.2) is 24.7 Å². The zero-order valence-corrected chi connectivity index (χ0v) is 10.0. The van der Waals surface area contributed by atoms with Crippen LogP contribution in [0.25, 0.3) is 0 Å². The zero-order valence-electron chi connectivity index (χ0n) is 10.0. The summed E-state index contributed by atoms with van der Waals surface area (Å²) in [5.74, 6) is 0.473. The number of aromatic nitrogens is 4. The van der Waals surface area contributed by atoms with Gasteiger partial charge in [-0.05, 0) is 6.42 Å². The fourth-order valence-electron chi connectivity index (χ4n) is 1.73. The number of nitrogens with two attached hydrogens (primary N) is 1. The quantitative estimate of drug-likeness (QED) is 0.817. The molecule has 0 spiro atoms. The van der Waals surface area contributed by atoms with Crippen molar-refractivity contribution in [3.8, 4) is 0 Å². The van der Waals surface area contributed by atoms with Crippen LogP contribution in [0, 0.1) is 0 Å². The third-order valence-electron chi connectivity index (χ3n) is 2.73. The Morgan fingerprint density at radius 2 is 2.18 bits per heavy atom. The summed E-state index contributed by atoms with van der Waals surface area (Å²) >= 11 is 0. The minimum atomic E-state index is -0.769. The van der Waals surface area contributed by atoms with Gasteiger partial charge in [0.25, 0.3) is 0 Å². The molecule has 0 aliphatic carbocycles. The standard InChI is InChI=1S/C11H17N5O/c1-3-4-16-7-8(5-14-16)10(17)9-6-13-15(2)11(9)12/h5-7,10,17H,3-4,12H2,1-2H3. The van der Waals surface area contributed by atoms with Crippen LogP contribution in [0.1, 0.15) is 30.6 Å². The normalized spacial score (nSPS) is 12.9. The summed E-state index contributed by atoms with van der Waals surface area (Å²) in [6, 6.07) is 0. The molecule has 1 unspecified atom stereocenters. The molecule has 0 bridgehead atoms. The van der Waals surface area contributed by atoms with Crippen molar-refractivity contribution < 1.29 is 5.11 Å². The van der Waals surface area contributed by atoms with Crippen LogP contribution in [0.3, 0.4) is 0 Å². The molecule has 0 amide bonds. The lowest BCUT2D eigenvalue weighted by Gasteiger charge is -2.07. The van der Waals surface area contributed by atoms with Gasteiger partial charge in [0.1, 0.15) is 11.9 Å². The van der Waals surface area contributed by atoms with E-state index in [1.54, 1.807) is 19.4 Å². The summed E-state index contributed by atoms with van der Waals surface area (Å²) in [5.41, 5.74) is 7.17. The van der Waals surface area contributed by atoms with Crippen LogP contribution in [0.4, 0.5) is 5.82 Å². The topological polar surface area (TPSA) is 81.9 Å². The summed E-state index contributed by atoms with van der Waals surface area (Å²) in [6.07, 6.45) is 5.31. The summed E-state index contributed by atoms with van der Waals surface area (Å²) < 4.78 is 3.35.